The van der Waals surface area contributed by atoms with Crippen LogP contribution in [-0.4, -0.2) is 10.1 Å². The number of rotatable bonds is 2. The minimum Gasteiger partial charge on any atom is -0.390 e. The van der Waals surface area contributed by atoms with Crippen LogP contribution >= 0.6 is 15.9 Å². The predicted octanol–water partition coefficient (Wildman–Crippen LogP) is 2.27. The number of aliphatic hydroxyl groups is 1. The van der Waals surface area contributed by atoms with Crippen molar-refractivity contribution in [2.24, 2.45) is 0 Å². The summed E-state index contributed by atoms with van der Waals surface area (Å²) < 4.78 is 24.5. The second-order valence-corrected chi connectivity index (χ2v) is 3.01. The van der Waals surface area contributed by atoms with Crippen molar-refractivity contribution in [1.82, 2.24) is 4.98 Å². The Morgan fingerprint density at radius 1 is 1.58 bits per heavy atom. The van der Waals surface area contributed by atoms with Crippen molar-refractivity contribution >= 4 is 15.9 Å². The molecule has 1 aromatic rings. The van der Waals surface area contributed by atoms with E-state index in [2.05, 4.69) is 20.9 Å². The molecule has 1 N–H and O–H groups in total. The van der Waals surface area contributed by atoms with Crippen LogP contribution in [0, 0.1) is 0 Å². The van der Waals surface area contributed by atoms with E-state index >= 15 is 0 Å². The smallest absolute Gasteiger partial charge is 0.266 e. The summed E-state index contributed by atoms with van der Waals surface area (Å²) in [5.74, 6) is 0. The molecule has 0 saturated carbocycles. The molecule has 0 unspecified atom stereocenters. The number of aliphatic hydroxyl groups excluding tert-OH is 1. The summed E-state index contributed by atoms with van der Waals surface area (Å²) in [7, 11) is 0. The van der Waals surface area contributed by atoms with Crippen LogP contribution in [0.3, 0.4) is 0 Å². The third-order valence-corrected chi connectivity index (χ3v) is 2.02. The number of pyridine rings is 1. The fourth-order valence-electron chi connectivity index (χ4n) is 0.728. The number of aromatic nitrogens is 1. The molecule has 5 heteroatoms. The van der Waals surface area contributed by atoms with Crippen molar-refractivity contribution in [3.63, 3.8) is 0 Å². The molecule has 0 atom stereocenters. The van der Waals surface area contributed by atoms with E-state index in [0.29, 0.717) is 5.69 Å². The van der Waals surface area contributed by atoms with Gasteiger partial charge in [0.15, 0.2) is 0 Å². The highest BCUT2D eigenvalue weighted by atomic mass is 79.9. The molecule has 1 heterocycles. The largest absolute Gasteiger partial charge is 0.390 e. The van der Waals surface area contributed by atoms with Gasteiger partial charge in [-0.05, 0) is 6.07 Å². The summed E-state index contributed by atoms with van der Waals surface area (Å²) in [5.41, 5.74) is 0.207. The Morgan fingerprint density at radius 2 is 2.25 bits per heavy atom. The molecule has 0 aromatic carbocycles. The Kier molecular flexibility index (Phi) is 3.11. The summed E-state index contributed by atoms with van der Waals surface area (Å²) >= 11 is 2.96. The van der Waals surface area contributed by atoms with Gasteiger partial charge in [-0.15, -0.1) is 0 Å². The summed E-state index contributed by atoms with van der Waals surface area (Å²) in [6.07, 6.45) is -1.49. The van der Waals surface area contributed by atoms with Crippen LogP contribution in [0.1, 0.15) is 17.7 Å². The maximum atomic E-state index is 12.1. The van der Waals surface area contributed by atoms with E-state index in [1.54, 1.807) is 0 Å². The minimum absolute atomic E-state index is 0.160. The predicted molar refractivity (Wildman–Crippen MR) is 42.8 cm³/mol. The highest BCUT2D eigenvalue weighted by Gasteiger charge is 2.11. The van der Waals surface area contributed by atoms with Crippen LogP contribution in [0.5, 0.6) is 0 Å². The normalized spacial score (nSPS) is 10.8. The maximum absolute atomic E-state index is 12.1. The Morgan fingerprint density at radius 3 is 2.67 bits per heavy atom. The number of nitrogens with zero attached hydrogens (tertiary/aromatic N) is 1. The second-order valence-electron chi connectivity index (χ2n) is 2.16. The van der Waals surface area contributed by atoms with Crippen LogP contribution in [0.15, 0.2) is 16.7 Å². The molecule has 0 fully saturated rings. The average molecular weight is 238 g/mol. The van der Waals surface area contributed by atoms with Crippen molar-refractivity contribution in [3.05, 3.63) is 28.0 Å². The third-order valence-electron chi connectivity index (χ3n) is 1.34. The van der Waals surface area contributed by atoms with Gasteiger partial charge in [-0.1, -0.05) is 15.9 Å². The van der Waals surface area contributed by atoms with Gasteiger partial charge in [0.2, 0.25) is 0 Å². The average Bonchev–Trinajstić information content (AvgIpc) is 2.03. The van der Waals surface area contributed by atoms with Gasteiger partial charge >= 0.3 is 0 Å². The first kappa shape index (κ1) is 9.54. The summed E-state index contributed by atoms with van der Waals surface area (Å²) in [6.45, 7) is -0.248. The van der Waals surface area contributed by atoms with Crippen LogP contribution in [-0.2, 0) is 6.61 Å². The lowest BCUT2D eigenvalue weighted by molar-refractivity contribution is 0.150. The van der Waals surface area contributed by atoms with Crippen molar-refractivity contribution in [2.75, 3.05) is 0 Å². The minimum atomic E-state index is -2.54. The standard InChI is InChI=1S/C7H6BrF2NO/c8-6-1-4(3-12)11-2-5(6)7(9)10/h1-2,7,12H,3H2. The molecule has 12 heavy (non-hydrogen) atoms. The van der Waals surface area contributed by atoms with Gasteiger partial charge < -0.3 is 5.11 Å². The summed E-state index contributed by atoms with van der Waals surface area (Å²) in [4.78, 5) is 3.62. The van der Waals surface area contributed by atoms with Crippen LogP contribution in [0.2, 0.25) is 0 Å². The van der Waals surface area contributed by atoms with Crippen molar-refractivity contribution in [3.8, 4) is 0 Å². The van der Waals surface area contributed by atoms with E-state index in [9.17, 15) is 8.78 Å². The van der Waals surface area contributed by atoms with E-state index in [-0.39, 0.29) is 16.6 Å². The molecule has 0 aliphatic carbocycles. The topological polar surface area (TPSA) is 33.1 Å². The van der Waals surface area contributed by atoms with Gasteiger partial charge in [-0.25, -0.2) is 8.78 Å². The van der Waals surface area contributed by atoms with Gasteiger partial charge in [0, 0.05) is 10.7 Å². The Labute approximate surface area is 76.4 Å². The molecule has 0 amide bonds. The molecule has 0 aliphatic heterocycles. The third kappa shape index (κ3) is 1.98. The first-order chi connectivity index (χ1) is 5.65. The highest BCUT2D eigenvalue weighted by molar-refractivity contribution is 9.10. The number of hydrogen-bond donors (Lipinski definition) is 1. The molecular formula is C7H6BrF2NO. The zero-order valence-electron chi connectivity index (χ0n) is 5.97. The summed E-state index contributed by atoms with van der Waals surface area (Å²) in [6, 6.07) is 1.38. The lowest BCUT2D eigenvalue weighted by Gasteiger charge is -2.03. The molecule has 0 radical (unpaired) electrons. The molecule has 0 bridgehead atoms. The maximum Gasteiger partial charge on any atom is 0.266 e. The van der Waals surface area contributed by atoms with E-state index in [4.69, 9.17) is 5.11 Å². The molecule has 2 nitrogen and oxygen atoms in total. The Hall–Kier alpha value is -0.550. The molecule has 0 saturated heterocycles. The number of hydrogen-bond acceptors (Lipinski definition) is 2. The highest BCUT2D eigenvalue weighted by Crippen LogP contribution is 2.26. The van der Waals surface area contributed by atoms with Gasteiger partial charge in [0.1, 0.15) is 0 Å². The number of alkyl halides is 2. The van der Waals surface area contributed by atoms with Crippen LogP contribution < -0.4 is 0 Å². The van der Waals surface area contributed by atoms with Crippen LogP contribution in [0.25, 0.3) is 0 Å². The van der Waals surface area contributed by atoms with Gasteiger partial charge in [0.25, 0.3) is 6.43 Å². The van der Waals surface area contributed by atoms with E-state index in [1.807, 2.05) is 0 Å². The quantitative estimate of drug-likeness (QED) is 0.857. The summed E-state index contributed by atoms with van der Waals surface area (Å²) in [5, 5.41) is 8.62. The van der Waals surface area contributed by atoms with E-state index in [0.717, 1.165) is 6.20 Å². The first-order valence-electron chi connectivity index (χ1n) is 3.18. The van der Waals surface area contributed by atoms with Crippen molar-refractivity contribution < 1.29 is 13.9 Å². The zero-order valence-corrected chi connectivity index (χ0v) is 7.55. The van der Waals surface area contributed by atoms with Crippen molar-refractivity contribution in [2.45, 2.75) is 13.0 Å². The van der Waals surface area contributed by atoms with Gasteiger partial charge in [0.05, 0.1) is 17.9 Å². The molecule has 1 aromatic heterocycles. The number of halogens is 3. The van der Waals surface area contributed by atoms with E-state index < -0.39 is 6.43 Å². The molecule has 66 valence electrons. The van der Waals surface area contributed by atoms with E-state index in [1.165, 1.54) is 6.07 Å². The molecule has 0 spiro atoms. The fraction of sp³-hybridized carbons (Fsp3) is 0.286. The first-order valence-corrected chi connectivity index (χ1v) is 3.97. The Bertz CT molecular complexity index is 280. The fourth-order valence-corrected chi connectivity index (χ4v) is 1.27. The van der Waals surface area contributed by atoms with Crippen LogP contribution in [0.4, 0.5) is 8.78 Å². The molecule has 1 rings (SSSR count). The molecular weight excluding hydrogens is 232 g/mol. The SMILES string of the molecule is OCc1cc(Br)c(C(F)F)cn1. The lowest BCUT2D eigenvalue weighted by atomic mass is 10.2. The monoisotopic (exact) mass is 237 g/mol. The zero-order chi connectivity index (χ0) is 9.14. The van der Waals surface area contributed by atoms with Gasteiger partial charge in [-0.2, -0.15) is 0 Å². The Balaban J connectivity index is 3.03. The second kappa shape index (κ2) is 3.91. The molecule has 0 aliphatic rings. The lowest BCUT2D eigenvalue weighted by Crippen LogP contribution is -1.93. The van der Waals surface area contributed by atoms with Gasteiger partial charge in [-0.3, -0.25) is 4.98 Å². The van der Waals surface area contributed by atoms with Crippen molar-refractivity contribution in [1.29, 1.82) is 0 Å².